The van der Waals surface area contributed by atoms with Crippen molar-refractivity contribution in [2.24, 2.45) is 0 Å². The number of hydrogen-bond acceptors (Lipinski definition) is 5. The molecular formula is C18H17N5O. The second kappa shape index (κ2) is 6.23. The second-order valence-corrected chi connectivity index (χ2v) is 5.74. The maximum atomic E-state index is 12.5. The van der Waals surface area contributed by atoms with Crippen molar-refractivity contribution < 1.29 is 4.79 Å². The van der Waals surface area contributed by atoms with E-state index in [0.717, 1.165) is 29.8 Å². The van der Waals surface area contributed by atoms with E-state index in [1.54, 1.807) is 30.9 Å². The van der Waals surface area contributed by atoms with Crippen LogP contribution in [0, 0.1) is 0 Å². The van der Waals surface area contributed by atoms with Crippen LogP contribution in [0.4, 0.5) is 5.82 Å². The van der Waals surface area contributed by atoms with Crippen LogP contribution < -0.4 is 4.90 Å². The van der Waals surface area contributed by atoms with Gasteiger partial charge >= 0.3 is 0 Å². The van der Waals surface area contributed by atoms with Gasteiger partial charge in [0, 0.05) is 44.0 Å². The summed E-state index contributed by atoms with van der Waals surface area (Å²) in [6.07, 6.45) is 4.90. The predicted molar refractivity (Wildman–Crippen MR) is 91.9 cm³/mol. The summed E-state index contributed by atoms with van der Waals surface area (Å²) in [7, 11) is 0. The topological polar surface area (TPSA) is 62.2 Å². The number of para-hydroxylation sites is 1. The number of aromatic nitrogens is 3. The van der Waals surface area contributed by atoms with Crippen LogP contribution >= 0.6 is 0 Å². The van der Waals surface area contributed by atoms with Crippen LogP contribution in [0.5, 0.6) is 0 Å². The molecule has 4 rings (SSSR count). The zero-order chi connectivity index (χ0) is 16.4. The number of anilines is 1. The van der Waals surface area contributed by atoms with E-state index in [0.29, 0.717) is 18.7 Å². The number of hydrogen-bond donors (Lipinski definition) is 0. The number of pyridine rings is 1. The van der Waals surface area contributed by atoms with E-state index in [2.05, 4.69) is 19.9 Å². The highest BCUT2D eigenvalue weighted by molar-refractivity contribution is 5.94. The van der Waals surface area contributed by atoms with Gasteiger partial charge in [-0.25, -0.2) is 9.97 Å². The van der Waals surface area contributed by atoms with Gasteiger partial charge in [-0.2, -0.15) is 0 Å². The van der Waals surface area contributed by atoms with E-state index in [1.165, 1.54) is 0 Å². The molecule has 6 heteroatoms. The van der Waals surface area contributed by atoms with E-state index < -0.39 is 0 Å². The fraction of sp³-hybridized carbons (Fsp3) is 0.222. The van der Waals surface area contributed by atoms with Crippen molar-refractivity contribution in [3.63, 3.8) is 0 Å². The summed E-state index contributed by atoms with van der Waals surface area (Å²) in [6.45, 7) is 2.86. The lowest BCUT2D eigenvalue weighted by atomic mass is 10.2. The molecule has 3 aromatic rings. The largest absolute Gasteiger partial charge is 0.352 e. The first-order valence-electron chi connectivity index (χ1n) is 7.97. The minimum atomic E-state index is 0.0373. The third-order valence-corrected chi connectivity index (χ3v) is 4.30. The molecule has 0 saturated carbocycles. The Kier molecular flexibility index (Phi) is 3.78. The van der Waals surface area contributed by atoms with Gasteiger partial charge in [0.05, 0.1) is 11.1 Å². The summed E-state index contributed by atoms with van der Waals surface area (Å²) in [5.41, 5.74) is 1.58. The number of nitrogens with zero attached hydrogens (tertiary/aromatic N) is 5. The van der Waals surface area contributed by atoms with Crippen molar-refractivity contribution in [2.75, 3.05) is 31.1 Å². The van der Waals surface area contributed by atoms with Crippen LogP contribution in [0.2, 0.25) is 0 Å². The van der Waals surface area contributed by atoms with Gasteiger partial charge in [0.2, 0.25) is 0 Å². The summed E-state index contributed by atoms with van der Waals surface area (Å²) in [5, 5.41) is 1.05. The molecule has 1 aliphatic heterocycles. The molecule has 1 amide bonds. The zero-order valence-corrected chi connectivity index (χ0v) is 13.2. The van der Waals surface area contributed by atoms with Gasteiger partial charge in [-0.15, -0.1) is 0 Å². The molecule has 2 aromatic heterocycles. The molecule has 0 radical (unpaired) electrons. The van der Waals surface area contributed by atoms with Gasteiger partial charge in [0.15, 0.2) is 0 Å². The number of fused-ring (bicyclic) bond motifs is 1. The summed E-state index contributed by atoms with van der Waals surface area (Å²) < 4.78 is 0. The lowest BCUT2D eigenvalue weighted by Crippen LogP contribution is -2.49. The Morgan fingerprint density at radius 3 is 2.58 bits per heavy atom. The first-order chi connectivity index (χ1) is 11.8. The maximum absolute atomic E-state index is 12.5. The monoisotopic (exact) mass is 319 g/mol. The molecule has 1 saturated heterocycles. The summed E-state index contributed by atoms with van der Waals surface area (Å²) in [5.74, 6) is 0.976. The van der Waals surface area contributed by atoms with Gasteiger partial charge in [0.1, 0.15) is 12.1 Å². The summed E-state index contributed by atoms with van der Waals surface area (Å²) >= 11 is 0. The van der Waals surface area contributed by atoms with Crippen molar-refractivity contribution in [2.45, 2.75) is 0 Å². The Balaban J connectivity index is 1.51. The summed E-state index contributed by atoms with van der Waals surface area (Å²) in [6, 6.07) is 11.6. The molecule has 1 fully saturated rings. The Hall–Kier alpha value is -3.02. The van der Waals surface area contributed by atoms with E-state index in [4.69, 9.17) is 0 Å². The van der Waals surface area contributed by atoms with Gasteiger partial charge in [-0.05, 0) is 24.3 Å². The van der Waals surface area contributed by atoms with Crippen LogP contribution in [0.1, 0.15) is 10.4 Å². The molecule has 1 aromatic carbocycles. The zero-order valence-electron chi connectivity index (χ0n) is 13.2. The molecule has 0 unspecified atom stereocenters. The predicted octanol–water partition coefficient (Wildman–Crippen LogP) is 1.99. The normalized spacial score (nSPS) is 14.8. The Labute approximate surface area is 139 Å². The van der Waals surface area contributed by atoms with Gasteiger partial charge in [-0.3, -0.25) is 9.78 Å². The van der Waals surface area contributed by atoms with E-state index >= 15 is 0 Å². The standard InChI is InChI=1S/C18H17N5O/c24-18(14-4-3-7-19-12-14)23-10-8-22(9-11-23)17-15-5-1-2-6-16(15)20-13-21-17/h1-7,12-13H,8-11H2. The molecule has 0 aliphatic carbocycles. The van der Waals surface area contributed by atoms with Gasteiger partial charge < -0.3 is 9.80 Å². The highest BCUT2D eigenvalue weighted by atomic mass is 16.2. The van der Waals surface area contributed by atoms with E-state index in [-0.39, 0.29) is 5.91 Å². The average molecular weight is 319 g/mol. The first kappa shape index (κ1) is 14.6. The van der Waals surface area contributed by atoms with Crippen LogP contribution in [-0.4, -0.2) is 51.9 Å². The Bertz CT molecular complexity index is 854. The fourth-order valence-corrected chi connectivity index (χ4v) is 3.04. The van der Waals surface area contributed by atoms with Crippen LogP contribution in [0.15, 0.2) is 55.1 Å². The summed E-state index contributed by atoms with van der Waals surface area (Å²) in [4.78, 5) is 29.4. The number of carbonyl (C=O) groups is 1. The second-order valence-electron chi connectivity index (χ2n) is 5.74. The van der Waals surface area contributed by atoms with Gasteiger partial charge in [-0.1, -0.05) is 12.1 Å². The third kappa shape index (κ3) is 2.67. The number of carbonyl (C=O) groups excluding carboxylic acids is 1. The van der Waals surface area contributed by atoms with Crippen LogP contribution in [0.25, 0.3) is 10.9 Å². The maximum Gasteiger partial charge on any atom is 0.255 e. The molecule has 0 N–H and O–H groups in total. The fourth-order valence-electron chi connectivity index (χ4n) is 3.04. The van der Waals surface area contributed by atoms with E-state index in [1.807, 2.05) is 29.2 Å². The Morgan fingerprint density at radius 2 is 1.79 bits per heavy atom. The lowest BCUT2D eigenvalue weighted by molar-refractivity contribution is 0.0746. The number of rotatable bonds is 2. The van der Waals surface area contributed by atoms with Crippen molar-refractivity contribution in [1.29, 1.82) is 0 Å². The average Bonchev–Trinajstić information content (AvgIpc) is 2.68. The molecule has 6 nitrogen and oxygen atoms in total. The molecule has 120 valence electrons. The highest BCUT2D eigenvalue weighted by Gasteiger charge is 2.23. The third-order valence-electron chi connectivity index (χ3n) is 4.30. The quantitative estimate of drug-likeness (QED) is 0.723. The number of benzene rings is 1. The van der Waals surface area contributed by atoms with E-state index in [9.17, 15) is 4.79 Å². The number of amides is 1. The minimum absolute atomic E-state index is 0.0373. The molecule has 0 spiro atoms. The molecule has 0 atom stereocenters. The van der Waals surface area contributed by atoms with Gasteiger partial charge in [0.25, 0.3) is 5.91 Å². The number of piperazine rings is 1. The molecule has 24 heavy (non-hydrogen) atoms. The molecule has 1 aliphatic rings. The van der Waals surface area contributed by atoms with Crippen molar-refractivity contribution in [3.05, 3.63) is 60.7 Å². The van der Waals surface area contributed by atoms with Crippen LogP contribution in [0.3, 0.4) is 0 Å². The smallest absolute Gasteiger partial charge is 0.255 e. The SMILES string of the molecule is O=C(c1cccnc1)N1CCN(c2ncnc3ccccc23)CC1. The van der Waals surface area contributed by atoms with Crippen molar-refractivity contribution in [3.8, 4) is 0 Å². The molecule has 3 heterocycles. The molecule has 0 bridgehead atoms. The lowest BCUT2D eigenvalue weighted by Gasteiger charge is -2.35. The minimum Gasteiger partial charge on any atom is -0.352 e. The van der Waals surface area contributed by atoms with Crippen molar-refractivity contribution in [1.82, 2.24) is 19.9 Å². The highest BCUT2D eigenvalue weighted by Crippen LogP contribution is 2.23. The van der Waals surface area contributed by atoms with Crippen molar-refractivity contribution >= 4 is 22.6 Å². The van der Waals surface area contributed by atoms with Crippen LogP contribution in [-0.2, 0) is 0 Å². The first-order valence-corrected chi connectivity index (χ1v) is 7.97. The Morgan fingerprint density at radius 1 is 0.958 bits per heavy atom. The molecular weight excluding hydrogens is 302 g/mol.